The number of hydrogen-bond acceptors (Lipinski definition) is 6. The maximum atomic E-state index is 13.9. The number of methoxy groups -OCH3 is 4. The summed E-state index contributed by atoms with van der Waals surface area (Å²) in [6, 6.07) is 10.7. The summed E-state index contributed by atoms with van der Waals surface area (Å²) < 4.78 is 22.2. The Hall–Kier alpha value is -2.93. The van der Waals surface area contributed by atoms with Gasteiger partial charge in [0, 0.05) is 12.5 Å². The number of carbonyl (C=O) groups is 1. The van der Waals surface area contributed by atoms with Gasteiger partial charge in [0.15, 0.2) is 11.5 Å². The van der Waals surface area contributed by atoms with Crippen molar-refractivity contribution in [1.29, 1.82) is 0 Å². The highest BCUT2D eigenvalue weighted by molar-refractivity contribution is 5.97. The van der Waals surface area contributed by atoms with Gasteiger partial charge in [0.2, 0.25) is 5.75 Å². The van der Waals surface area contributed by atoms with Gasteiger partial charge in [-0.05, 0) is 49.1 Å². The lowest BCUT2D eigenvalue weighted by atomic mass is 9.66. The Labute approximate surface area is 195 Å². The fraction of sp³-hybridized carbons (Fsp3) is 0.500. The van der Waals surface area contributed by atoms with Gasteiger partial charge < -0.3 is 29.0 Å². The third kappa shape index (κ3) is 4.10. The number of rotatable bonds is 6. The standard InChI is InChI=1S/C26H33NO6/c1-30-20-11-6-5-9-18(20)25(28)27-14-13-26(29)12-8-7-10-19(26)23(27)17-15-21(31-2)24(33-4)22(16-17)32-3/h5-6,9,11,15-16,19,23,29H,7-8,10,12-14H2,1-4H3/t19-,23-,26-/m1/s1. The van der Waals surface area contributed by atoms with Crippen LogP contribution in [0.1, 0.15) is 54.1 Å². The molecule has 0 radical (unpaired) electrons. The molecule has 1 N–H and O–H groups in total. The molecule has 1 saturated heterocycles. The Morgan fingerprint density at radius 3 is 2.24 bits per heavy atom. The summed E-state index contributed by atoms with van der Waals surface area (Å²) in [7, 11) is 6.30. The number of fused-ring (bicyclic) bond motifs is 1. The second-order valence-electron chi connectivity index (χ2n) is 8.81. The second kappa shape index (κ2) is 9.51. The van der Waals surface area contributed by atoms with Crippen molar-refractivity contribution in [1.82, 2.24) is 4.90 Å². The Balaban J connectivity index is 1.85. The van der Waals surface area contributed by atoms with Crippen LogP contribution in [-0.2, 0) is 0 Å². The minimum Gasteiger partial charge on any atom is -0.496 e. The predicted molar refractivity (Wildman–Crippen MR) is 124 cm³/mol. The van der Waals surface area contributed by atoms with Crippen LogP contribution in [-0.4, -0.2) is 56.5 Å². The molecule has 0 spiro atoms. The third-order valence-electron chi connectivity index (χ3n) is 7.19. The molecule has 2 aromatic carbocycles. The van der Waals surface area contributed by atoms with Crippen LogP contribution in [0.4, 0.5) is 0 Å². The molecule has 1 amide bonds. The van der Waals surface area contributed by atoms with Gasteiger partial charge >= 0.3 is 0 Å². The molecule has 7 heteroatoms. The number of amides is 1. The summed E-state index contributed by atoms with van der Waals surface area (Å²) in [5, 5.41) is 11.6. The van der Waals surface area contributed by atoms with E-state index >= 15 is 0 Å². The Morgan fingerprint density at radius 2 is 1.61 bits per heavy atom. The van der Waals surface area contributed by atoms with Crippen LogP contribution < -0.4 is 18.9 Å². The van der Waals surface area contributed by atoms with Crippen LogP contribution in [0.5, 0.6) is 23.0 Å². The molecule has 0 bridgehead atoms. The van der Waals surface area contributed by atoms with E-state index in [9.17, 15) is 9.90 Å². The van der Waals surface area contributed by atoms with E-state index in [4.69, 9.17) is 18.9 Å². The van der Waals surface area contributed by atoms with E-state index in [1.807, 2.05) is 29.2 Å². The van der Waals surface area contributed by atoms with Crippen molar-refractivity contribution >= 4 is 5.91 Å². The highest BCUT2D eigenvalue weighted by Crippen LogP contribution is 2.52. The number of benzene rings is 2. The van der Waals surface area contributed by atoms with Crippen LogP contribution in [0, 0.1) is 5.92 Å². The molecule has 1 aliphatic carbocycles. The molecular weight excluding hydrogens is 422 g/mol. The topological polar surface area (TPSA) is 77.5 Å². The zero-order valence-corrected chi connectivity index (χ0v) is 19.8. The van der Waals surface area contributed by atoms with E-state index in [1.165, 1.54) is 0 Å². The van der Waals surface area contributed by atoms with Gasteiger partial charge in [-0.1, -0.05) is 25.0 Å². The van der Waals surface area contributed by atoms with E-state index in [0.717, 1.165) is 31.2 Å². The second-order valence-corrected chi connectivity index (χ2v) is 8.81. The van der Waals surface area contributed by atoms with Crippen molar-refractivity contribution in [3.63, 3.8) is 0 Å². The Bertz CT molecular complexity index is 983. The van der Waals surface area contributed by atoms with Gasteiger partial charge in [-0.2, -0.15) is 0 Å². The van der Waals surface area contributed by atoms with Crippen molar-refractivity contribution < 1.29 is 28.8 Å². The van der Waals surface area contributed by atoms with Crippen molar-refractivity contribution in [3.8, 4) is 23.0 Å². The van der Waals surface area contributed by atoms with Crippen LogP contribution in [0.15, 0.2) is 36.4 Å². The monoisotopic (exact) mass is 455 g/mol. The molecule has 1 heterocycles. The molecule has 33 heavy (non-hydrogen) atoms. The van der Waals surface area contributed by atoms with Crippen molar-refractivity contribution in [2.75, 3.05) is 35.0 Å². The fourth-order valence-electron chi connectivity index (χ4n) is 5.57. The highest BCUT2D eigenvalue weighted by Gasteiger charge is 2.50. The van der Waals surface area contributed by atoms with E-state index in [0.29, 0.717) is 41.5 Å². The quantitative estimate of drug-likeness (QED) is 0.703. The maximum Gasteiger partial charge on any atom is 0.258 e. The van der Waals surface area contributed by atoms with Crippen molar-refractivity contribution in [2.45, 2.75) is 43.7 Å². The lowest BCUT2D eigenvalue weighted by Crippen LogP contribution is -2.56. The van der Waals surface area contributed by atoms with Crippen molar-refractivity contribution in [3.05, 3.63) is 47.5 Å². The average Bonchev–Trinajstić information content (AvgIpc) is 2.86. The molecule has 7 nitrogen and oxygen atoms in total. The number of likely N-dealkylation sites (tertiary alicyclic amines) is 1. The van der Waals surface area contributed by atoms with E-state index in [-0.39, 0.29) is 17.9 Å². The molecule has 0 unspecified atom stereocenters. The van der Waals surface area contributed by atoms with Crippen LogP contribution in [0.25, 0.3) is 0 Å². The van der Waals surface area contributed by atoms with E-state index in [1.54, 1.807) is 40.6 Å². The number of ether oxygens (including phenoxy) is 4. The van der Waals surface area contributed by atoms with Gasteiger partial charge in [-0.3, -0.25) is 4.79 Å². The highest BCUT2D eigenvalue weighted by atomic mass is 16.5. The first-order chi connectivity index (χ1) is 16.0. The zero-order valence-electron chi connectivity index (χ0n) is 19.8. The number of nitrogens with zero attached hydrogens (tertiary/aromatic N) is 1. The normalized spacial score (nSPS) is 24.6. The SMILES string of the molecule is COc1ccccc1C(=O)N1CC[C@]2(O)CCCC[C@@H]2[C@H]1c1cc(OC)c(OC)c(OC)c1. The average molecular weight is 456 g/mol. The molecule has 0 aromatic heterocycles. The Kier molecular flexibility index (Phi) is 6.70. The number of piperidine rings is 1. The van der Waals surface area contributed by atoms with E-state index < -0.39 is 5.60 Å². The van der Waals surface area contributed by atoms with Crippen LogP contribution >= 0.6 is 0 Å². The third-order valence-corrected chi connectivity index (χ3v) is 7.19. The minimum atomic E-state index is -0.805. The fourth-order valence-corrected chi connectivity index (χ4v) is 5.57. The molecule has 178 valence electrons. The minimum absolute atomic E-state index is 0.0959. The van der Waals surface area contributed by atoms with Gasteiger partial charge in [-0.15, -0.1) is 0 Å². The first kappa shape index (κ1) is 23.2. The first-order valence-electron chi connectivity index (χ1n) is 11.4. The molecule has 4 rings (SSSR count). The molecule has 3 atom stereocenters. The summed E-state index contributed by atoms with van der Waals surface area (Å²) in [4.78, 5) is 15.7. The van der Waals surface area contributed by atoms with Crippen LogP contribution in [0.3, 0.4) is 0 Å². The number of carbonyl (C=O) groups excluding carboxylic acids is 1. The molecule has 2 aliphatic rings. The summed E-state index contributed by atoms with van der Waals surface area (Å²) in [6.45, 7) is 0.450. The largest absolute Gasteiger partial charge is 0.496 e. The van der Waals surface area contributed by atoms with Crippen molar-refractivity contribution in [2.24, 2.45) is 5.92 Å². The van der Waals surface area contributed by atoms with Gasteiger partial charge in [0.25, 0.3) is 5.91 Å². The van der Waals surface area contributed by atoms with Gasteiger partial charge in [0.05, 0.1) is 45.6 Å². The summed E-state index contributed by atoms with van der Waals surface area (Å²) in [6.07, 6.45) is 4.16. The molecule has 1 saturated carbocycles. The maximum absolute atomic E-state index is 13.9. The zero-order chi connectivity index (χ0) is 23.6. The molecular formula is C26H33NO6. The number of para-hydroxylation sites is 1. The number of aliphatic hydroxyl groups is 1. The molecule has 2 fully saturated rings. The summed E-state index contributed by atoms with van der Waals surface area (Å²) in [5.41, 5.74) is 0.567. The smallest absolute Gasteiger partial charge is 0.258 e. The molecule has 1 aliphatic heterocycles. The lowest BCUT2D eigenvalue weighted by molar-refractivity contribution is -0.115. The Morgan fingerprint density at radius 1 is 0.939 bits per heavy atom. The predicted octanol–water partition coefficient (Wildman–Crippen LogP) is 4.23. The van der Waals surface area contributed by atoms with Crippen LogP contribution in [0.2, 0.25) is 0 Å². The first-order valence-corrected chi connectivity index (χ1v) is 11.4. The summed E-state index contributed by atoms with van der Waals surface area (Å²) >= 11 is 0. The van der Waals surface area contributed by atoms with E-state index in [2.05, 4.69) is 0 Å². The van der Waals surface area contributed by atoms with Gasteiger partial charge in [0.1, 0.15) is 5.75 Å². The molecule has 2 aromatic rings. The summed E-state index contributed by atoms with van der Waals surface area (Å²) in [5.74, 6) is 1.89. The number of hydrogen-bond donors (Lipinski definition) is 1. The van der Waals surface area contributed by atoms with Gasteiger partial charge in [-0.25, -0.2) is 0 Å². The lowest BCUT2D eigenvalue weighted by Gasteiger charge is -2.52.